The second-order valence-electron chi connectivity index (χ2n) is 5.32. The lowest BCUT2D eigenvalue weighted by molar-refractivity contribution is 0.441. The van der Waals surface area contributed by atoms with E-state index in [-0.39, 0.29) is 5.54 Å². The summed E-state index contributed by atoms with van der Waals surface area (Å²) >= 11 is 0. The van der Waals surface area contributed by atoms with Crippen molar-refractivity contribution >= 4 is 0 Å². The van der Waals surface area contributed by atoms with Crippen molar-refractivity contribution in [2.45, 2.75) is 54.0 Å². The van der Waals surface area contributed by atoms with Crippen molar-refractivity contribution in [3.8, 4) is 0 Å². The minimum absolute atomic E-state index is 0.0375. The summed E-state index contributed by atoms with van der Waals surface area (Å²) in [6, 6.07) is 0. The van der Waals surface area contributed by atoms with Crippen LogP contribution in [0.25, 0.3) is 0 Å². The molecule has 0 aromatic rings. The fourth-order valence-corrected chi connectivity index (χ4v) is 1.88. The monoisotopic (exact) mass is 192 g/mol. The van der Waals surface area contributed by atoms with E-state index >= 15 is 0 Å². The molecule has 0 aliphatic heterocycles. The molecule has 1 aliphatic rings. The first kappa shape index (κ1) is 11.4. The van der Waals surface area contributed by atoms with Gasteiger partial charge in [0.05, 0.1) is 5.54 Å². The zero-order valence-corrected chi connectivity index (χ0v) is 10.5. The van der Waals surface area contributed by atoms with Gasteiger partial charge in [0.15, 0.2) is 0 Å². The Morgan fingerprint density at radius 1 is 1.00 bits per heavy atom. The molecule has 1 atom stereocenters. The van der Waals surface area contributed by atoms with Crippen LogP contribution in [0.15, 0.2) is 22.4 Å². The lowest BCUT2D eigenvalue weighted by atomic mass is 10.0. The zero-order chi connectivity index (χ0) is 11.1. The molecule has 0 aromatic heterocycles. The van der Waals surface area contributed by atoms with Gasteiger partial charge in [0.1, 0.15) is 0 Å². The first-order valence-corrected chi connectivity index (χ1v) is 5.35. The van der Waals surface area contributed by atoms with Gasteiger partial charge in [-0.15, -0.1) is 0 Å². The Labute approximate surface area is 88.3 Å². The summed E-state index contributed by atoms with van der Waals surface area (Å²) in [5.74, 6) is 0.509. The maximum Gasteiger partial charge on any atom is 0.0527 e. The average molecular weight is 192 g/mol. The molecular weight excluding hydrogens is 170 g/mol. The molecule has 79 valence electrons. The molecule has 0 N–H and O–H groups in total. The zero-order valence-electron chi connectivity index (χ0n) is 10.5. The van der Waals surface area contributed by atoms with Gasteiger partial charge in [0, 0.05) is 11.6 Å². The van der Waals surface area contributed by atoms with Gasteiger partial charge < -0.3 is 0 Å². The van der Waals surface area contributed by atoms with Crippen molar-refractivity contribution in [1.29, 1.82) is 0 Å². The Bertz CT molecular complexity index is 300. The maximum absolute atomic E-state index is 4.81. The smallest absolute Gasteiger partial charge is 0.0527 e. The second-order valence-corrected chi connectivity index (χ2v) is 5.32. The van der Waals surface area contributed by atoms with E-state index < -0.39 is 0 Å². The molecule has 1 nitrogen and oxygen atoms in total. The van der Waals surface area contributed by atoms with Crippen LogP contribution < -0.4 is 5.32 Å². The molecule has 1 heteroatoms. The number of rotatable bonds is 1. The second kappa shape index (κ2) is 3.45. The predicted molar refractivity (Wildman–Crippen MR) is 62.1 cm³/mol. The Hall–Kier alpha value is -0.720. The Morgan fingerprint density at radius 2 is 1.50 bits per heavy atom. The van der Waals surface area contributed by atoms with Gasteiger partial charge >= 0.3 is 0 Å². The highest BCUT2D eigenvalue weighted by Crippen LogP contribution is 2.36. The third kappa shape index (κ3) is 2.02. The van der Waals surface area contributed by atoms with Crippen LogP contribution in [-0.2, 0) is 0 Å². The van der Waals surface area contributed by atoms with Crippen LogP contribution in [0.2, 0.25) is 0 Å². The van der Waals surface area contributed by atoms with E-state index in [2.05, 4.69) is 48.5 Å². The first-order chi connectivity index (χ1) is 6.24. The maximum atomic E-state index is 4.81. The van der Waals surface area contributed by atoms with Crippen molar-refractivity contribution in [3.05, 3.63) is 22.4 Å². The van der Waals surface area contributed by atoms with E-state index in [1.807, 2.05) is 0 Å². The normalized spacial score (nSPS) is 23.5. The van der Waals surface area contributed by atoms with E-state index in [0.717, 1.165) is 0 Å². The van der Waals surface area contributed by atoms with Crippen LogP contribution >= 0.6 is 0 Å². The number of allylic oxidation sites excluding steroid dienone is 3. The van der Waals surface area contributed by atoms with Gasteiger partial charge in [-0.05, 0) is 52.7 Å². The summed E-state index contributed by atoms with van der Waals surface area (Å²) in [6.45, 7) is 15.3. The van der Waals surface area contributed by atoms with Gasteiger partial charge in [-0.25, -0.2) is 0 Å². The predicted octanol–water partition coefficient (Wildman–Crippen LogP) is 3.65. The van der Waals surface area contributed by atoms with Crippen LogP contribution in [0.4, 0.5) is 0 Å². The van der Waals surface area contributed by atoms with E-state index in [4.69, 9.17) is 5.32 Å². The van der Waals surface area contributed by atoms with Crippen molar-refractivity contribution in [2.24, 2.45) is 5.92 Å². The largest absolute Gasteiger partial charge is 0.283 e. The summed E-state index contributed by atoms with van der Waals surface area (Å²) < 4.78 is 0. The molecule has 0 spiro atoms. The van der Waals surface area contributed by atoms with Crippen molar-refractivity contribution in [2.75, 3.05) is 0 Å². The van der Waals surface area contributed by atoms with Gasteiger partial charge in [-0.3, -0.25) is 5.32 Å². The molecule has 0 bridgehead atoms. The molecule has 1 aliphatic carbocycles. The lowest BCUT2D eigenvalue weighted by Crippen LogP contribution is -2.30. The summed E-state index contributed by atoms with van der Waals surface area (Å²) in [7, 11) is 0. The highest BCUT2D eigenvalue weighted by Gasteiger charge is 2.27. The Morgan fingerprint density at radius 3 is 1.79 bits per heavy atom. The Kier molecular flexibility index (Phi) is 2.80. The molecule has 1 radical (unpaired) electrons. The van der Waals surface area contributed by atoms with Gasteiger partial charge in [0.2, 0.25) is 0 Å². The first-order valence-electron chi connectivity index (χ1n) is 5.35. The molecule has 0 fully saturated rings. The van der Waals surface area contributed by atoms with Crippen LogP contribution in [0.1, 0.15) is 48.5 Å². The summed E-state index contributed by atoms with van der Waals surface area (Å²) in [5.41, 5.74) is 5.61. The van der Waals surface area contributed by atoms with Crippen LogP contribution in [0.5, 0.6) is 0 Å². The molecule has 1 unspecified atom stereocenters. The third-order valence-electron chi connectivity index (χ3n) is 3.05. The molecule has 0 saturated heterocycles. The third-order valence-corrected chi connectivity index (χ3v) is 3.05. The summed E-state index contributed by atoms with van der Waals surface area (Å²) in [6.07, 6.45) is 0. The minimum Gasteiger partial charge on any atom is -0.283 e. The molecular formula is C13H22N. The minimum atomic E-state index is 0.0375. The highest BCUT2D eigenvalue weighted by molar-refractivity contribution is 5.46. The van der Waals surface area contributed by atoms with Gasteiger partial charge in [-0.1, -0.05) is 12.5 Å². The summed E-state index contributed by atoms with van der Waals surface area (Å²) in [5, 5.41) is 4.81. The Balaban J connectivity index is 2.94. The quantitative estimate of drug-likeness (QED) is 0.602. The van der Waals surface area contributed by atoms with Crippen LogP contribution in [0, 0.1) is 5.92 Å². The van der Waals surface area contributed by atoms with E-state index in [0.29, 0.717) is 5.92 Å². The van der Waals surface area contributed by atoms with Crippen molar-refractivity contribution < 1.29 is 0 Å². The summed E-state index contributed by atoms with van der Waals surface area (Å²) in [4.78, 5) is 0. The van der Waals surface area contributed by atoms with Crippen molar-refractivity contribution in [3.63, 3.8) is 0 Å². The topological polar surface area (TPSA) is 14.1 Å². The van der Waals surface area contributed by atoms with E-state index in [1.54, 1.807) is 0 Å². The molecule has 14 heavy (non-hydrogen) atoms. The molecule has 0 heterocycles. The van der Waals surface area contributed by atoms with Gasteiger partial charge in [0.25, 0.3) is 0 Å². The fraction of sp³-hybridized carbons (Fsp3) is 0.692. The number of hydrogen-bond acceptors (Lipinski definition) is 0. The van der Waals surface area contributed by atoms with Crippen molar-refractivity contribution in [1.82, 2.24) is 5.32 Å². The molecule has 0 amide bonds. The molecule has 0 saturated carbocycles. The lowest BCUT2D eigenvalue weighted by Gasteiger charge is -2.23. The SMILES string of the molecule is CC1=C(C)C(C)C([N]C(C)(C)C)=C1C. The number of hydrogen-bond donors (Lipinski definition) is 0. The van der Waals surface area contributed by atoms with Crippen LogP contribution in [-0.4, -0.2) is 5.54 Å². The highest BCUT2D eigenvalue weighted by atomic mass is 15.0. The van der Waals surface area contributed by atoms with Crippen LogP contribution in [0.3, 0.4) is 0 Å². The standard InChI is InChI=1S/C13H22N/c1-8-9(2)11(4)12(10(8)3)14-13(5,6)7/h10H,1-7H3. The molecule has 1 rings (SSSR count). The average Bonchev–Trinajstić information content (AvgIpc) is 2.20. The molecule has 0 aromatic carbocycles. The van der Waals surface area contributed by atoms with E-state index in [1.165, 1.54) is 22.4 Å². The fourth-order valence-electron chi connectivity index (χ4n) is 1.88. The van der Waals surface area contributed by atoms with E-state index in [9.17, 15) is 0 Å². The van der Waals surface area contributed by atoms with Gasteiger partial charge in [-0.2, -0.15) is 0 Å². The number of nitrogens with zero attached hydrogens (tertiary/aromatic N) is 1.